The molecule has 48 heavy (non-hydrogen) atoms. The van der Waals surface area contributed by atoms with Crippen molar-refractivity contribution in [1.82, 2.24) is 0 Å². The molecule has 0 bridgehead atoms. The molecule has 0 aromatic heterocycles. The highest BCUT2D eigenvalue weighted by Gasteiger charge is 2.63. The Morgan fingerprint density at radius 1 is 1.06 bits per heavy atom. The summed E-state index contributed by atoms with van der Waals surface area (Å²) in [7, 11) is 0. The van der Waals surface area contributed by atoms with Crippen LogP contribution in [0.25, 0.3) is 0 Å². The van der Waals surface area contributed by atoms with Crippen molar-refractivity contribution in [1.29, 1.82) is 0 Å². The van der Waals surface area contributed by atoms with Gasteiger partial charge in [0, 0.05) is 12.3 Å². The van der Waals surface area contributed by atoms with Gasteiger partial charge in [-0.05, 0) is 110 Å². The van der Waals surface area contributed by atoms with E-state index < -0.39 is 41.4 Å². The number of unbranched alkanes of at least 4 members (excludes halogenated alkanes) is 1. The second kappa shape index (κ2) is 14.7. The van der Waals surface area contributed by atoms with E-state index in [1.54, 1.807) is 12.1 Å². The monoisotopic (exact) mass is 670 g/mol. The fraction of sp³-hybridized carbons (Fsp3) is 0.657. The number of carbonyl (C=O) groups excluding carboxylic acids is 4. The smallest absolute Gasteiger partial charge is 0.465 e. The van der Waals surface area contributed by atoms with Crippen LogP contribution in [-0.2, 0) is 35.1 Å². The number of rotatable bonds is 13. The zero-order chi connectivity index (χ0) is 34.6. The predicted octanol–water partition coefficient (Wildman–Crippen LogP) is 4.29. The number of aliphatic hydroxyl groups excluding tert-OH is 1. The first-order valence-corrected chi connectivity index (χ1v) is 16.9. The second-order valence-electron chi connectivity index (χ2n) is 14.3. The first-order chi connectivity index (χ1) is 22.8. The Balaban J connectivity index is 1.07. The number of benzene rings is 1. The molecule has 0 saturated heterocycles. The standard InChI is InChI=1S/C35H46N2O11/c1-34-14-13-23(38)18-22(34)7-10-25-26-11-12-27(35(26,2)19-29(39)31(25)34)30(40)20-46-33(42)48-24-8-5-21(6-9-24)17-28(36)32(41)45-15-3-4-16-47-37(43)44/h5-6,8-9,18,25-29,31,39H,3-4,7,10-17,19-20,36H2,1-2H3. The minimum absolute atomic E-state index is 0.0661. The summed E-state index contributed by atoms with van der Waals surface area (Å²) in [5.74, 6) is -0.118. The van der Waals surface area contributed by atoms with Crippen molar-refractivity contribution in [3.63, 3.8) is 0 Å². The molecule has 0 radical (unpaired) electrons. The highest BCUT2D eigenvalue weighted by Crippen LogP contribution is 2.66. The van der Waals surface area contributed by atoms with Gasteiger partial charge >= 0.3 is 12.1 Å². The topological polar surface area (TPSA) is 195 Å². The van der Waals surface area contributed by atoms with E-state index in [-0.39, 0.29) is 66.0 Å². The molecule has 262 valence electrons. The maximum absolute atomic E-state index is 13.5. The molecule has 4 aliphatic rings. The zero-order valence-corrected chi connectivity index (χ0v) is 27.6. The van der Waals surface area contributed by atoms with E-state index in [0.29, 0.717) is 37.7 Å². The quantitative estimate of drug-likeness (QED) is 0.0995. The second-order valence-corrected chi connectivity index (χ2v) is 14.3. The molecule has 4 aliphatic carbocycles. The first-order valence-electron chi connectivity index (χ1n) is 16.9. The van der Waals surface area contributed by atoms with Crippen molar-refractivity contribution < 1.29 is 48.4 Å². The van der Waals surface area contributed by atoms with Crippen LogP contribution in [0.3, 0.4) is 0 Å². The Morgan fingerprint density at radius 2 is 1.79 bits per heavy atom. The molecule has 0 spiro atoms. The highest BCUT2D eigenvalue weighted by atomic mass is 16.9. The van der Waals surface area contributed by atoms with Crippen LogP contribution < -0.4 is 10.5 Å². The molecule has 3 saturated carbocycles. The normalized spacial score (nSPS) is 31.3. The van der Waals surface area contributed by atoms with Crippen LogP contribution in [0.4, 0.5) is 4.79 Å². The van der Waals surface area contributed by atoms with E-state index >= 15 is 0 Å². The summed E-state index contributed by atoms with van der Waals surface area (Å²) in [6, 6.07) is 5.42. The fourth-order valence-corrected chi connectivity index (χ4v) is 9.23. The van der Waals surface area contributed by atoms with Gasteiger partial charge in [0.15, 0.2) is 18.2 Å². The molecular weight excluding hydrogens is 624 g/mol. The summed E-state index contributed by atoms with van der Waals surface area (Å²) in [6.45, 7) is 3.88. The largest absolute Gasteiger partial charge is 0.514 e. The zero-order valence-electron chi connectivity index (χ0n) is 27.6. The summed E-state index contributed by atoms with van der Waals surface area (Å²) in [4.78, 5) is 64.6. The third-order valence-electron chi connectivity index (χ3n) is 11.5. The van der Waals surface area contributed by atoms with E-state index in [4.69, 9.17) is 19.9 Å². The lowest BCUT2D eigenvalue weighted by Gasteiger charge is -2.59. The molecule has 13 heteroatoms. The van der Waals surface area contributed by atoms with Crippen molar-refractivity contribution in [2.75, 3.05) is 19.8 Å². The number of hydrogen-bond donors (Lipinski definition) is 2. The van der Waals surface area contributed by atoms with E-state index in [1.165, 1.54) is 17.7 Å². The molecule has 8 unspecified atom stereocenters. The van der Waals surface area contributed by atoms with Gasteiger partial charge in [-0.15, -0.1) is 10.1 Å². The summed E-state index contributed by atoms with van der Waals surface area (Å²) in [6.07, 6.45) is 6.27. The Labute approximate surface area is 279 Å². The van der Waals surface area contributed by atoms with Crippen LogP contribution in [-0.4, -0.2) is 65.9 Å². The molecule has 0 amide bonds. The van der Waals surface area contributed by atoms with Gasteiger partial charge in [0.2, 0.25) is 0 Å². The van der Waals surface area contributed by atoms with Gasteiger partial charge in [-0.1, -0.05) is 31.6 Å². The number of ketones is 2. The SMILES string of the molecule is CC12CCC(=O)C=C1CCC1C2C(O)CC2(C)C(C(=O)COC(=O)Oc3ccc(CC(N)C(=O)OCCCCO[N+](=O)[O-])cc3)CCC12. The minimum atomic E-state index is -1.00. The molecule has 13 nitrogen and oxygen atoms in total. The molecule has 1 aromatic rings. The number of ether oxygens (including phenoxy) is 3. The number of hydrogen-bond acceptors (Lipinski definition) is 12. The van der Waals surface area contributed by atoms with E-state index in [0.717, 1.165) is 25.7 Å². The maximum Gasteiger partial charge on any atom is 0.514 e. The Hall–Kier alpha value is -3.84. The molecule has 0 aliphatic heterocycles. The molecule has 3 N–H and O–H groups in total. The van der Waals surface area contributed by atoms with E-state index in [1.807, 2.05) is 6.08 Å². The number of nitrogens with two attached hydrogens (primary N) is 1. The van der Waals surface area contributed by atoms with Gasteiger partial charge in [-0.3, -0.25) is 14.4 Å². The molecule has 5 rings (SSSR count). The van der Waals surface area contributed by atoms with Crippen molar-refractivity contribution in [2.45, 2.75) is 90.2 Å². The van der Waals surface area contributed by atoms with Crippen LogP contribution >= 0.6 is 0 Å². The van der Waals surface area contributed by atoms with Crippen molar-refractivity contribution in [3.05, 3.63) is 51.6 Å². The highest BCUT2D eigenvalue weighted by molar-refractivity contribution is 5.91. The van der Waals surface area contributed by atoms with Gasteiger partial charge in [0.25, 0.3) is 5.09 Å². The number of aliphatic hydroxyl groups is 1. The summed E-state index contributed by atoms with van der Waals surface area (Å²) < 4.78 is 15.6. The third-order valence-corrected chi connectivity index (χ3v) is 11.5. The number of esters is 1. The van der Waals surface area contributed by atoms with Crippen molar-refractivity contribution in [3.8, 4) is 5.75 Å². The Kier molecular flexibility index (Phi) is 10.9. The number of fused-ring (bicyclic) bond motifs is 5. The summed E-state index contributed by atoms with van der Waals surface area (Å²) >= 11 is 0. The molecule has 8 atom stereocenters. The van der Waals surface area contributed by atoms with Crippen molar-refractivity contribution >= 4 is 23.7 Å². The minimum Gasteiger partial charge on any atom is -0.465 e. The van der Waals surface area contributed by atoms with Gasteiger partial charge in [-0.2, -0.15) is 0 Å². The fourth-order valence-electron chi connectivity index (χ4n) is 9.23. The van der Waals surface area contributed by atoms with Crippen molar-refractivity contribution in [2.24, 2.45) is 40.2 Å². The van der Waals surface area contributed by atoms with Crippen LogP contribution in [0.15, 0.2) is 35.9 Å². The lowest BCUT2D eigenvalue weighted by atomic mass is 9.46. The lowest BCUT2D eigenvalue weighted by Crippen LogP contribution is -2.57. The van der Waals surface area contributed by atoms with Crippen LogP contribution in [0, 0.1) is 44.6 Å². The van der Waals surface area contributed by atoms with Crippen LogP contribution in [0.1, 0.15) is 77.2 Å². The predicted molar refractivity (Wildman–Crippen MR) is 170 cm³/mol. The average Bonchev–Trinajstić information content (AvgIpc) is 3.38. The number of allylic oxidation sites excluding steroid dienone is 1. The van der Waals surface area contributed by atoms with Gasteiger partial charge in [0.05, 0.1) is 19.3 Å². The summed E-state index contributed by atoms with van der Waals surface area (Å²) in [5, 5.41) is 20.8. The first kappa shape index (κ1) is 35.5. The van der Waals surface area contributed by atoms with Gasteiger partial charge < -0.3 is 29.9 Å². The van der Waals surface area contributed by atoms with Gasteiger partial charge in [0.1, 0.15) is 11.8 Å². The average molecular weight is 671 g/mol. The number of nitrogens with zero attached hydrogens (tertiary/aromatic N) is 1. The van der Waals surface area contributed by atoms with Crippen LogP contribution in [0.2, 0.25) is 0 Å². The Morgan fingerprint density at radius 3 is 2.52 bits per heavy atom. The Bertz CT molecular complexity index is 1430. The lowest BCUT2D eigenvalue weighted by molar-refractivity contribution is -0.757. The number of Topliss-reactive ketones (excluding diaryl/α,β-unsaturated/α-hetero) is 1. The van der Waals surface area contributed by atoms with Crippen LogP contribution in [0.5, 0.6) is 5.75 Å². The molecule has 1 aromatic carbocycles. The summed E-state index contributed by atoms with van der Waals surface area (Å²) in [5.41, 5.74) is 7.23. The molecule has 3 fully saturated rings. The third kappa shape index (κ3) is 7.57. The molecular formula is C35H46N2O11. The maximum atomic E-state index is 13.5. The van der Waals surface area contributed by atoms with Gasteiger partial charge in [-0.25, -0.2) is 4.79 Å². The molecule has 0 heterocycles. The van der Waals surface area contributed by atoms with E-state index in [2.05, 4.69) is 18.7 Å². The van der Waals surface area contributed by atoms with E-state index in [9.17, 15) is 34.4 Å². The number of carbonyl (C=O) groups is 4.